The number of carbonyl (C=O) groups is 1. The van der Waals surface area contributed by atoms with E-state index >= 15 is 0 Å². The van der Waals surface area contributed by atoms with E-state index in [1.807, 2.05) is 17.0 Å². The highest BCUT2D eigenvalue weighted by molar-refractivity contribution is 5.92. The largest absolute Gasteiger partial charge is 0.495 e. The maximum Gasteiger partial charge on any atom is 0.289 e. The average molecular weight is 314 g/mol. The molecule has 0 spiro atoms. The summed E-state index contributed by atoms with van der Waals surface area (Å²) < 4.78 is 10.9. The molecule has 0 saturated carbocycles. The van der Waals surface area contributed by atoms with E-state index in [2.05, 4.69) is 6.92 Å². The van der Waals surface area contributed by atoms with E-state index in [1.165, 1.54) is 6.42 Å². The molecule has 2 N–H and O–H groups in total. The van der Waals surface area contributed by atoms with Crippen LogP contribution < -0.4 is 10.5 Å². The van der Waals surface area contributed by atoms with Crippen molar-refractivity contribution in [3.8, 4) is 17.1 Å². The Kier molecular flexibility index (Phi) is 4.28. The Hall–Kier alpha value is -2.43. The Bertz CT molecular complexity index is 708. The molecule has 0 aliphatic carbocycles. The average Bonchev–Trinajstić information content (AvgIpc) is 3.04. The maximum absolute atomic E-state index is 12.5. The lowest BCUT2D eigenvalue weighted by Crippen LogP contribution is -2.38. The predicted octanol–water partition coefficient (Wildman–Crippen LogP) is 3.41. The Morgan fingerprint density at radius 3 is 2.87 bits per heavy atom. The third kappa shape index (κ3) is 3.18. The first kappa shape index (κ1) is 15.5. The second-order valence-electron chi connectivity index (χ2n) is 6.12. The van der Waals surface area contributed by atoms with Crippen LogP contribution in [0.25, 0.3) is 11.3 Å². The molecular weight excluding hydrogens is 292 g/mol. The minimum atomic E-state index is -0.0377. The van der Waals surface area contributed by atoms with Gasteiger partial charge in [-0.25, -0.2) is 0 Å². The summed E-state index contributed by atoms with van der Waals surface area (Å²) in [5.41, 5.74) is 7.30. The highest BCUT2D eigenvalue weighted by atomic mass is 16.5. The van der Waals surface area contributed by atoms with Gasteiger partial charge in [0.25, 0.3) is 5.91 Å². The van der Waals surface area contributed by atoms with E-state index in [1.54, 1.807) is 25.3 Å². The molecule has 1 fully saturated rings. The van der Waals surface area contributed by atoms with Crippen molar-refractivity contribution in [3.63, 3.8) is 0 Å². The molecule has 0 radical (unpaired) electrons. The molecule has 5 nitrogen and oxygen atoms in total. The lowest BCUT2D eigenvalue weighted by molar-refractivity contribution is 0.0652. The molecule has 5 heteroatoms. The molecule has 1 saturated heterocycles. The summed E-state index contributed by atoms with van der Waals surface area (Å²) in [6.07, 6.45) is 2.23. The number of nitrogens with zero attached hydrogens (tertiary/aromatic N) is 1. The molecule has 1 aromatic heterocycles. The summed E-state index contributed by atoms with van der Waals surface area (Å²) in [7, 11) is 1.58. The lowest BCUT2D eigenvalue weighted by atomic mass is 10.0. The number of amides is 1. The third-order valence-electron chi connectivity index (χ3n) is 4.28. The molecule has 0 unspecified atom stereocenters. The van der Waals surface area contributed by atoms with Crippen LogP contribution in [-0.2, 0) is 0 Å². The number of hydrogen-bond donors (Lipinski definition) is 1. The molecule has 2 heterocycles. The number of likely N-dealkylation sites (tertiary alicyclic amines) is 1. The fourth-order valence-electron chi connectivity index (χ4n) is 3.03. The van der Waals surface area contributed by atoms with Crippen LogP contribution in [0.2, 0.25) is 0 Å². The van der Waals surface area contributed by atoms with Crippen LogP contribution in [0, 0.1) is 5.92 Å². The number of nitrogen functional groups attached to an aromatic ring is 1. The van der Waals surface area contributed by atoms with Gasteiger partial charge in [-0.05, 0) is 49.1 Å². The van der Waals surface area contributed by atoms with E-state index in [0.29, 0.717) is 28.9 Å². The molecule has 0 bridgehead atoms. The monoisotopic (exact) mass is 314 g/mol. The van der Waals surface area contributed by atoms with Gasteiger partial charge < -0.3 is 19.8 Å². The molecule has 1 atom stereocenters. The van der Waals surface area contributed by atoms with E-state index in [-0.39, 0.29) is 5.91 Å². The van der Waals surface area contributed by atoms with E-state index in [4.69, 9.17) is 14.9 Å². The van der Waals surface area contributed by atoms with Crippen LogP contribution in [0.15, 0.2) is 34.7 Å². The van der Waals surface area contributed by atoms with Gasteiger partial charge in [0.15, 0.2) is 5.76 Å². The maximum atomic E-state index is 12.5. The Morgan fingerprint density at radius 2 is 2.17 bits per heavy atom. The minimum Gasteiger partial charge on any atom is -0.495 e. The molecule has 3 rings (SSSR count). The second kappa shape index (κ2) is 6.36. The Morgan fingerprint density at radius 1 is 1.35 bits per heavy atom. The first-order valence-corrected chi connectivity index (χ1v) is 7.91. The number of carbonyl (C=O) groups excluding carboxylic acids is 1. The van der Waals surface area contributed by atoms with Gasteiger partial charge in [-0.3, -0.25) is 4.79 Å². The third-order valence-corrected chi connectivity index (χ3v) is 4.28. The van der Waals surface area contributed by atoms with Gasteiger partial charge in [-0.2, -0.15) is 0 Å². The van der Waals surface area contributed by atoms with Crippen LogP contribution in [0.1, 0.15) is 30.3 Å². The smallest absolute Gasteiger partial charge is 0.289 e. The highest BCUT2D eigenvalue weighted by Crippen LogP contribution is 2.30. The topological polar surface area (TPSA) is 68.7 Å². The van der Waals surface area contributed by atoms with Gasteiger partial charge in [0.1, 0.15) is 11.5 Å². The molecule has 1 aliphatic rings. The molecular formula is C18H22N2O3. The summed E-state index contributed by atoms with van der Waals surface area (Å²) in [6.45, 7) is 3.77. The first-order valence-electron chi connectivity index (χ1n) is 7.91. The number of rotatable bonds is 3. The lowest BCUT2D eigenvalue weighted by Gasteiger charge is -2.30. The van der Waals surface area contributed by atoms with Crippen molar-refractivity contribution in [2.75, 3.05) is 25.9 Å². The molecule has 23 heavy (non-hydrogen) atoms. The van der Waals surface area contributed by atoms with Crippen molar-refractivity contribution < 1.29 is 13.9 Å². The second-order valence-corrected chi connectivity index (χ2v) is 6.12. The zero-order valence-corrected chi connectivity index (χ0v) is 13.5. The van der Waals surface area contributed by atoms with Crippen molar-refractivity contribution in [1.82, 2.24) is 4.90 Å². The SMILES string of the molecule is COc1ccc(-c2ccc(C(=O)N3CCC[C@@H](C)C3)o2)cc1N. The summed E-state index contributed by atoms with van der Waals surface area (Å²) in [5.74, 6) is 2.14. The summed E-state index contributed by atoms with van der Waals surface area (Å²) in [5, 5.41) is 0. The van der Waals surface area contributed by atoms with Crippen LogP contribution in [0.4, 0.5) is 5.69 Å². The van der Waals surface area contributed by atoms with Crippen LogP contribution >= 0.6 is 0 Å². The molecule has 122 valence electrons. The Balaban J connectivity index is 1.80. The first-order chi connectivity index (χ1) is 11.1. The number of nitrogens with two attached hydrogens (primary N) is 1. The zero-order valence-electron chi connectivity index (χ0n) is 13.5. The number of hydrogen-bond acceptors (Lipinski definition) is 4. The van der Waals surface area contributed by atoms with Gasteiger partial charge in [0.2, 0.25) is 0 Å². The molecule has 1 amide bonds. The van der Waals surface area contributed by atoms with Gasteiger partial charge >= 0.3 is 0 Å². The van der Waals surface area contributed by atoms with Crippen molar-refractivity contribution in [2.45, 2.75) is 19.8 Å². The number of benzene rings is 1. The van der Waals surface area contributed by atoms with Crippen molar-refractivity contribution in [1.29, 1.82) is 0 Å². The number of anilines is 1. The summed E-state index contributed by atoms with van der Waals surface area (Å²) in [6, 6.07) is 8.99. The van der Waals surface area contributed by atoms with Crippen molar-refractivity contribution >= 4 is 11.6 Å². The van der Waals surface area contributed by atoms with E-state index in [9.17, 15) is 4.79 Å². The van der Waals surface area contributed by atoms with Crippen LogP contribution in [0.3, 0.4) is 0 Å². The Labute approximate surface area is 136 Å². The normalized spacial score (nSPS) is 18.0. The number of piperidine rings is 1. The van der Waals surface area contributed by atoms with Crippen molar-refractivity contribution in [2.24, 2.45) is 5.92 Å². The summed E-state index contributed by atoms with van der Waals surface area (Å²) >= 11 is 0. The van der Waals surface area contributed by atoms with Crippen LogP contribution in [-0.4, -0.2) is 31.0 Å². The van der Waals surface area contributed by atoms with Gasteiger partial charge in [-0.1, -0.05) is 6.92 Å². The van der Waals surface area contributed by atoms with Gasteiger partial charge in [0, 0.05) is 18.7 Å². The van der Waals surface area contributed by atoms with Crippen molar-refractivity contribution in [3.05, 3.63) is 36.1 Å². The van der Waals surface area contributed by atoms with E-state index in [0.717, 1.165) is 25.1 Å². The molecule has 1 aromatic carbocycles. The van der Waals surface area contributed by atoms with Gasteiger partial charge in [0.05, 0.1) is 12.8 Å². The molecule has 1 aliphatic heterocycles. The quantitative estimate of drug-likeness (QED) is 0.882. The number of furan rings is 1. The fraction of sp³-hybridized carbons (Fsp3) is 0.389. The number of methoxy groups -OCH3 is 1. The predicted molar refractivity (Wildman–Crippen MR) is 89.4 cm³/mol. The molecule has 2 aromatic rings. The number of ether oxygens (including phenoxy) is 1. The fourth-order valence-corrected chi connectivity index (χ4v) is 3.03. The minimum absolute atomic E-state index is 0.0377. The standard InChI is InChI=1S/C18H22N2O3/c1-12-4-3-9-20(11-12)18(21)17-8-7-15(23-17)13-5-6-16(22-2)14(19)10-13/h5-8,10,12H,3-4,9,11,19H2,1-2H3/t12-/m1/s1. The zero-order chi connectivity index (χ0) is 16.4. The van der Waals surface area contributed by atoms with Crippen LogP contribution in [0.5, 0.6) is 5.75 Å². The highest BCUT2D eigenvalue weighted by Gasteiger charge is 2.24. The van der Waals surface area contributed by atoms with Gasteiger partial charge in [-0.15, -0.1) is 0 Å². The summed E-state index contributed by atoms with van der Waals surface area (Å²) in [4.78, 5) is 14.4. The van der Waals surface area contributed by atoms with E-state index < -0.39 is 0 Å².